The summed E-state index contributed by atoms with van der Waals surface area (Å²) >= 11 is 0. The molecule has 0 bridgehead atoms. The number of rotatable bonds is 8. The van der Waals surface area contributed by atoms with Gasteiger partial charge in [0.2, 0.25) is 5.91 Å². The Hall–Kier alpha value is -2.99. The second kappa shape index (κ2) is 9.88. The Morgan fingerprint density at radius 3 is 2.35 bits per heavy atom. The highest BCUT2D eigenvalue weighted by molar-refractivity contribution is 6.21. The van der Waals surface area contributed by atoms with E-state index in [0.29, 0.717) is 49.6 Å². The van der Waals surface area contributed by atoms with Gasteiger partial charge in [-0.1, -0.05) is 42.5 Å². The van der Waals surface area contributed by atoms with Crippen LogP contribution in [-0.4, -0.2) is 53.8 Å². The lowest BCUT2D eigenvalue weighted by Crippen LogP contribution is -2.41. The van der Waals surface area contributed by atoms with Crippen molar-refractivity contribution < 1.29 is 19.1 Å². The Morgan fingerprint density at radius 2 is 1.65 bits per heavy atom. The maximum Gasteiger partial charge on any atom is 0.261 e. The summed E-state index contributed by atoms with van der Waals surface area (Å²) in [5.74, 6) is -0.0923. The molecule has 6 heteroatoms. The number of nitrogens with zero attached hydrogens (tertiary/aromatic N) is 2. The lowest BCUT2D eigenvalue weighted by molar-refractivity contribution is -0.133. The van der Waals surface area contributed by atoms with E-state index in [0.717, 1.165) is 24.9 Å². The number of hydrogen-bond donors (Lipinski definition) is 0. The summed E-state index contributed by atoms with van der Waals surface area (Å²) in [6, 6.07) is 17.0. The van der Waals surface area contributed by atoms with Gasteiger partial charge in [-0.15, -0.1) is 0 Å². The van der Waals surface area contributed by atoms with Crippen molar-refractivity contribution in [2.75, 3.05) is 26.2 Å². The number of imide groups is 1. The van der Waals surface area contributed by atoms with Crippen LogP contribution < -0.4 is 0 Å². The van der Waals surface area contributed by atoms with Gasteiger partial charge in [-0.3, -0.25) is 19.3 Å². The molecule has 0 aromatic heterocycles. The Morgan fingerprint density at radius 1 is 0.968 bits per heavy atom. The van der Waals surface area contributed by atoms with E-state index < -0.39 is 0 Å². The van der Waals surface area contributed by atoms with E-state index in [9.17, 15) is 14.4 Å². The lowest BCUT2D eigenvalue weighted by atomic mass is 9.98. The van der Waals surface area contributed by atoms with Crippen molar-refractivity contribution >= 4 is 17.7 Å². The molecule has 1 saturated heterocycles. The minimum absolute atomic E-state index is 0.0874. The summed E-state index contributed by atoms with van der Waals surface area (Å²) in [6.07, 6.45) is 2.86. The molecule has 0 spiro atoms. The van der Waals surface area contributed by atoms with Gasteiger partial charge in [-0.2, -0.15) is 0 Å². The molecule has 1 atom stereocenters. The summed E-state index contributed by atoms with van der Waals surface area (Å²) in [5, 5.41) is 0. The fraction of sp³-hybridized carbons (Fsp3) is 0.400. The highest BCUT2D eigenvalue weighted by Crippen LogP contribution is 2.23. The van der Waals surface area contributed by atoms with Crippen LogP contribution in [0.3, 0.4) is 0 Å². The minimum atomic E-state index is -0.262. The van der Waals surface area contributed by atoms with Gasteiger partial charge in [0.05, 0.1) is 24.3 Å². The molecule has 2 aliphatic rings. The van der Waals surface area contributed by atoms with Crippen LogP contribution in [0.2, 0.25) is 0 Å². The van der Waals surface area contributed by atoms with Gasteiger partial charge in [0.1, 0.15) is 0 Å². The van der Waals surface area contributed by atoms with E-state index in [-0.39, 0.29) is 24.3 Å². The second-order valence-electron chi connectivity index (χ2n) is 8.26. The summed E-state index contributed by atoms with van der Waals surface area (Å²) in [6.45, 7) is 2.98. The maximum absolute atomic E-state index is 12.7. The summed E-state index contributed by atoms with van der Waals surface area (Å²) in [4.78, 5) is 40.7. The van der Waals surface area contributed by atoms with Gasteiger partial charge >= 0.3 is 0 Å². The first-order valence-electron chi connectivity index (χ1n) is 11.0. The van der Waals surface area contributed by atoms with Crippen LogP contribution in [0.1, 0.15) is 52.0 Å². The molecular weight excluding hydrogens is 392 g/mol. The number of amides is 3. The molecule has 1 fully saturated rings. The monoisotopic (exact) mass is 420 g/mol. The first kappa shape index (κ1) is 21.2. The first-order valence-corrected chi connectivity index (χ1v) is 11.0. The van der Waals surface area contributed by atoms with E-state index in [2.05, 4.69) is 0 Å². The maximum atomic E-state index is 12.7. The average Bonchev–Trinajstić information content (AvgIpc) is 3.05. The average molecular weight is 421 g/mol. The molecule has 0 aliphatic carbocycles. The van der Waals surface area contributed by atoms with Crippen molar-refractivity contribution in [1.82, 2.24) is 9.80 Å². The first-order chi connectivity index (χ1) is 15.1. The second-order valence-corrected chi connectivity index (χ2v) is 8.26. The third-order valence-electron chi connectivity index (χ3n) is 5.99. The van der Waals surface area contributed by atoms with Crippen molar-refractivity contribution in [3.8, 4) is 0 Å². The number of benzene rings is 2. The summed E-state index contributed by atoms with van der Waals surface area (Å²) in [5.41, 5.74) is 2.06. The molecule has 0 saturated carbocycles. The Kier molecular flexibility index (Phi) is 6.77. The van der Waals surface area contributed by atoms with Crippen LogP contribution in [0.5, 0.6) is 0 Å². The highest BCUT2D eigenvalue weighted by Gasteiger charge is 2.34. The van der Waals surface area contributed by atoms with Crippen molar-refractivity contribution in [2.45, 2.75) is 32.3 Å². The van der Waals surface area contributed by atoms with Gasteiger partial charge < -0.3 is 9.64 Å². The van der Waals surface area contributed by atoms with E-state index in [4.69, 9.17) is 4.74 Å². The number of ether oxygens (including phenoxy) is 1. The molecule has 2 aliphatic heterocycles. The molecule has 162 valence electrons. The zero-order chi connectivity index (χ0) is 21.6. The van der Waals surface area contributed by atoms with Crippen molar-refractivity contribution in [3.05, 3.63) is 71.3 Å². The van der Waals surface area contributed by atoms with Crippen molar-refractivity contribution in [1.29, 1.82) is 0 Å². The summed E-state index contributed by atoms with van der Waals surface area (Å²) < 4.78 is 5.87. The molecule has 1 unspecified atom stereocenters. The van der Waals surface area contributed by atoms with Crippen LogP contribution in [-0.2, 0) is 16.1 Å². The van der Waals surface area contributed by atoms with E-state index >= 15 is 0 Å². The highest BCUT2D eigenvalue weighted by atomic mass is 16.5. The molecule has 31 heavy (non-hydrogen) atoms. The van der Waals surface area contributed by atoms with Gasteiger partial charge in [0, 0.05) is 26.1 Å². The van der Waals surface area contributed by atoms with Gasteiger partial charge in [-0.25, -0.2) is 0 Å². The molecular formula is C25H28N2O4. The normalized spacial score (nSPS) is 18.4. The van der Waals surface area contributed by atoms with E-state index in [1.165, 1.54) is 4.90 Å². The van der Waals surface area contributed by atoms with Crippen molar-refractivity contribution in [3.63, 3.8) is 0 Å². The molecule has 2 aromatic rings. The SMILES string of the molecule is O=C(CCCN1C(=O)c2ccccc2C1=O)N1CCCC(COCc2ccccc2)C1. The number of carbonyl (C=O) groups excluding carboxylic acids is 3. The predicted molar refractivity (Wildman–Crippen MR) is 116 cm³/mol. The Balaban J connectivity index is 1.20. The summed E-state index contributed by atoms with van der Waals surface area (Å²) in [7, 11) is 0. The van der Waals surface area contributed by atoms with Crippen molar-refractivity contribution in [2.24, 2.45) is 5.92 Å². The fourth-order valence-electron chi connectivity index (χ4n) is 4.33. The quantitative estimate of drug-likeness (QED) is 0.613. The number of hydrogen-bond acceptors (Lipinski definition) is 4. The number of likely N-dealkylation sites (tertiary alicyclic amines) is 1. The zero-order valence-corrected chi connectivity index (χ0v) is 17.7. The number of fused-ring (bicyclic) bond motifs is 1. The largest absolute Gasteiger partial charge is 0.376 e. The predicted octanol–water partition coefficient (Wildman–Crippen LogP) is 3.52. The smallest absolute Gasteiger partial charge is 0.261 e. The lowest BCUT2D eigenvalue weighted by Gasteiger charge is -2.33. The zero-order valence-electron chi connectivity index (χ0n) is 17.7. The van der Waals surface area contributed by atoms with Crippen LogP contribution in [0.15, 0.2) is 54.6 Å². The number of carbonyl (C=O) groups is 3. The fourth-order valence-corrected chi connectivity index (χ4v) is 4.33. The molecule has 2 heterocycles. The van der Waals surface area contributed by atoms with E-state index in [1.54, 1.807) is 24.3 Å². The Bertz CT molecular complexity index is 909. The molecule has 3 amide bonds. The third kappa shape index (κ3) is 5.02. The van der Waals surface area contributed by atoms with Crippen LogP contribution in [0, 0.1) is 5.92 Å². The standard InChI is InChI=1S/C25H28N2O4/c28-23(13-7-15-27-24(29)21-11-4-5-12-22(21)25(27)30)26-14-6-10-20(16-26)18-31-17-19-8-2-1-3-9-19/h1-5,8-9,11-12,20H,6-7,10,13-18H2. The third-order valence-corrected chi connectivity index (χ3v) is 5.99. The van der Waals surface area contributed by atoms with Crippen LogP contribution >= 0.6 is 0 Å². The van der Waals surface area contributed by atoms with Gasteiger partial charge in [0.25, 0.3) is 11.8 Å². The van der Waals surface area contributed by atoms with Gasteiger partial charge in [0.15, 0.2) is 0 Å². The van der Waals surface area contributed by atoms with Crippen LogP contribution in [0.4, 0.5) is 0 Å². The topological polar surface area (TPSA) is 66.9 Å². The minimum Gasteiger partial charge on any atom is -0.376 e. The van der Waals surface area contributed by atoms with Gasteiger partial charge in [-0.05, 0) is 42.9 Å². The van der Waals surface area contributed by atoms with Crippen LogP contribution in [0.25, 0.3) is 0 Å². The number of piperidine rings is 1. The molecule has 6 nitrogen and oxygen atoms in total. The molecule has 2 aromatic carbocycles. The Labute approximate surface area is 182 Å². The van der Waals surface area contributed by atoms with E-state index in [1.807, 2.05) is 35.2 Å². The molecule has 0 radical (unpaired) electrons. The molecule has 0 N–H and O–H groups in total. The molecule has 4 rings (SSSR count).